The molecule has 1 rings (SSSR count). The molecule has 0 bridgehead atoms. The fourth-order valence-corrected chi connectivity index (χ4v) is 1.57. The Hall–Kier alpha value is -1.80. The summed E-state index contributed by atoms with van der Waals surface area (Å²) >= 11 is 5.72. The lowest BCUT2D eigenvalue weighted by atomic mass is 10.2. The van der Waals surface area contributed by atoms with Gasteiger partial charge in [0.05, 0.1) is 11.4 Å². The molecule has 5 nitrogen and oxygen atoms in total. The molecule has 116 valence electrons. The van der Waals surface area contributed by atoms with Crippen molar-refractivity contribution in [2.45, 2.75) is 19.0 Å². The molecule has 1 aromatic rings. The molecule has 0 saturated heterocycles. The molecule has 21 heavy (non-hydrogen) atoms. The fourth-order valence-electron chi connectivity index (χ4n) is 1.40. The number of amides is 2. The summed E-state index contributed by atoms with van der Waals surface area (Å²) in [5.74, 6) is -2.58. The van der Waals surface area contributed by atoms with E-state index >= 15 is 0 Å². The number of benzene rings is 1. The highest BCUT2D eigenvalue weighted by molar-refractivity contribution is 6.31. The molecule has 1 aromatic carbocycles. The first kappa shape index (κ1) is 17.3. The number of hydrogen-bond donors (Lipinski definition) is 3. The summed E-state index contributed by atoms with van der Waals surface area (Å²) in [7, 11) is 0. The molecule has 0 aromatic heterocycles. The molecule has 2 amide bonds. The number of rotatable bonds is 5. The van der Waals surface area contributed by atoms with E-state index in [2.05, 4.69) is 5.32 Å². The van der Waals surface area contributed by atoms with Crippen LogP contribution in [0.5, 0.6) is 0 Å². The average Bonchev–Trinajstić information content (AvgIpc) is 2.38. The smallest absolute Gasteiger partial charge is 0.330 e. The molecule has 4 N–H and O–H groups in total. The van der Waals surface area contributed by atoms with Crippen molar-refractivity contribution in [1.82, 2.24) is 0 Å². The Kier molecular flexibility index (Phi) is 5.98. The molecule has 0 aliphatic rings. The standard InChI is InChI=1S/C12H13ClF3N3O2/c13-7-3-4-8(19-11(21)12(14,15)16)9(6-7)18-10(20)2-1-5-17/h3-4,6H,1-2,5,17H2,(H,18,20)(H,19,21). The summed E-state index contributed by atoms with van der Waals surface area (Å²) in [4.78, 5) is 22.5. The van der Waals surface area contributed by atoms with Gasteiger partial charge in [-0.05, 0) is 31.2 Å². The number of nitrogens with one attached hydrogen (secondary N) is 2. The van der Waals surface area contributed by atoms with Crippen LogP contribution in [0.2, 0.25) is 5.02 Å². The third kappa shape index (κ3) is 5.60. The first-order chi connectivity index (χ1) is 9.74. The van der Waals surface area contributed by atoms with Gasteiger partial charge >= 0.3 is 12.1 Å². The largest absolute Gasteiger partial charge is 0.471 e. The molecule has 0 heterocycles. The van der Waals surface area contributed by atoms with E-state index in [1.165, 1.54) is 18.2 Å². The lowest BCUT2D eigenvalue weighted by Crippen LogP contribution is -2.30. The molecular formula is C12H13ClF3N3O2. The zero-order valence-electron chi connectivity index (χ0n) is 10.8. The second kappa shape index (κ2) is 7.28. The maximum atomic E-state index is 12.2. The van der Waals surface area contributed by atoms with Gasteiger partial charge in [0, 0.05) is 11.4 Å². The monoisotopic (exact) mass is 323 g/mol. The first-order valence-electron chi connectivity index (χ1n) is 5.91. The molecule has 0 unspecified atom stereocenters. The van der Waals surface area contributed by atoms with Crippen LogP contribution < -0.4 is 16.4 Å². The summed E-state index contributed by atoms with van der Waals surface area (Å²) in [6, 6.07) is 3.71. The Bertz CT molecular complexity index is 535. The van der Waals surface area contributed by atoms with Crippen LogP contribution in [0.3, 0.4) is 0 Å². The van der Waals surface area contributed by atoms with Crippen molar-refractivity contribution in [3.8, 4) is 0 Å². The van der Waals surface area contributed by atoms with Crippen LogP contribution >= 0.6 is 11.6 Å². The lowest BCUT2D eigenvalue weighted by Gasteiger charge is -2.13. The van der Waals surface area contributed by atoms with Crippen molar-refractivity contribution in [2.24, 2.45) is 5.73 Å². The van der Waals surface area contributed by atoms with Gasteiger partial charge in [0.15, 0.2) is 0 Å². The lowest BCUT2D eigenvalue weighted by molar-refractivity contribution is -0.167. The van der Waals surface area contributed by atoms with Crippen molar-refractivity contribution in [3.63, 3.8) is 0 Å². The van der Waals surface area contributed by atoms with Crippen molar-refractivity contribution in [3.05, 3.63) is 23.2 Å². The minimum atomic E-state index is -5.03. The van der Waals surface area contributed by atoms with Crippen molar-refractivity contribution < 1.29 is 22.8 Å². The Labute approximate surface area is 123 Å². The molecule has 0 aliphatic heterocycles. The van der Waals surface area contributed by atoms with Gasteiger partial charge in [-0.25, -0.2) is 0 Å². The second-order valence-electron chi connectivity index (χ2n) is 4.08. The van der Waals surface area contributed by atoms with Crippen LogP contribution in [0, 0.1) is 0 Å². The third-order valence-corrected chi connectivity index (χ3v) is 2.60. The Balaban J connectivity index is 2.90. The van der Waals surface area contributed by atoms with Gasteiger partial charge < -0.3 is 16.4 Å². The minimum Gasteiger partial charge on any atom is -0.330 e. The van der Waals surface area contributed by atoms with Crippen molar-refractivity contribution in [1.29, 1.82) is 0 Å². The van der Waals surface area contributed by atoms with Crippen LogP contribution in [0.25, 0.3) is 0 Å². The maximum Gasteiger partial charge on any atom is 0.471 e. The number of hydrogen-bond acceptors (Lipinski definition) is 3. The van der Waals surface area contributed by atoms with Crippen molar-refractivity contribution >= 4 is 34.8 Å². The van der Waals surface area contributed by atoms with Gasteiger partial charge in [-0.15, -0.1) is 0 Å². The number of anilines is 2. The Morgan fingerprint density at radius 3 is 2.43 bits per heavy atom. The molecule has 0 radical (unpaired) electrons. The molecular weight excluding hydrogens is 311 g/mol. The van der Waals surface area contributed by atoms with Gasteiger partial charge in [0.25, 0.3) is 0 Å². The zero-order chi connectivity index (χ0) is 16.0. The summed E-state index contributed by atoms with van der Waals surface area (Å²) in [5.41, 5.74) is 5.05. The number of halogens is 4. The quantitative estimate of drug-likeness (QED) is 0.778. The highest BCUT2D eigenvalue weighted by Gasteiger charge is 2.39. The van der Waals surface area contributed by atoms with E-state index in [0.717, 1.165) is 0 Å². The molecule has 0 atom stereocenters. The van der Waals surface area contributed by atoms with Gasteiger partial charge in [-0.2, -0.15) is 13.2 Å². The van der Waals surface area contributed by atoms with Crippen LogP contribution in [0.15, 0.2) is 18.2 Å². The first-order valence-corrected chi connectivity index (χ1v) is 6.29. The van der Waals surface area contributed by atoms with E-state index in [0.29, 0.717) is 13.0 Å². The van der Waals surface area contributed by atoms with E-state index in [1.54, 1.807) is 5.32 Å². The highest BCUT2D eigenvalue weighted by atomic mass is 35.5. The van der Waals surface area contributed by atoms with Crippen molar-refractivity contribution in [2.75, 3.05) is 17.2 Å². The van der Waals surface area contributed by atoms with E-state index in [4.69, 9.17) is 17.3 Å². The zero-order valence-corrected chi connectivity index (χ0v) is 11.5. The molecule has 9 heteroatoms. The predicted octanol–water partition coefficient (Wildman–Crippen LogP) is 2.52. The second-order valence-corrected chi connectivity index (χ2v) is 4.52. The summed E-state index contributed by atoms with van der Waals surface area (Å²) in [5, 5.41) is 4.26. The number of alkyl halides is 3. The minimum absolute atomic E-state index is 0.0119. The van der Waals surface area contributed by atoms with Gasteiger partial charge in [-0.1, -0.05) is 11.6 Å². The van der Waals surface area contributed by atoms with Gasteiger partial charge in [0.1, 0.15) is 0 Å². The molecule has 0 spiro atoms. The van der Waals surface area contributed by atoms with Gasteiger partial charge in [0.2, 0.25) is 5.91 Å². The SMILES string of the molecule is NCCCC(=O)Nc1cc(Cl)ccc1NC(=O)C(F)(F)F. The number of carbonyl (C=O) groups is 2. The van der Waals surface area contributed by atoms with Crippen LogP contribution in [0.4, 0.5) is 24.5 Å². The molecule has 0 fully saturated rings. The highest BCUT2D eigenvalue weighted by Crippen LogP contribution is 2.28. The van der Waals surface area contributed by atoms with Crippen LogP contribution in [0.1, 0.15) is 12.8 Å². The van der Waals surface area contributed by atoms with E-state index in [9.17, 15) is 22.8 Å². The normalized spacial score (nSPS) is 11.1. The molecule has 0 aliphatic carbocycles. The van der Waals surface area contributed by atoms with E-state index < -0.39 is 18.0 Å². The Morgan fingerprint density at radius 1 is 1.19 bits per heavy atom. The third-order valence-electron chi connectivity index (χ3n) is 2.37. The summed E-state index contributed by atoms with van der Waals surface area (Å²) < 4.78 is 36.7. The number of carbonyl (C=O) groups excluding carboxylic acids is 2. The summed E-state index contributed by atoms with van der Waals surface area (Å²) in [6.45, 7) is 0.306. The van der Waals surface area contributed by atoms with E-state index in [-0.39, 0.29) is 22.8 Å². The topological polar surface area (TPSA) is 84.2 Å². The number of nitrogens with two attached hydrogens (primary N) is 1. The fraction of sp³-hybridized carbons (Fsp3) is 0.333. The van der Waals surface area contributed by atoms with Crippen LogP contribution in [-0.4, -0.2) is 24.5 Å². The predicted molar refractivity (Wildman–Crippen MR) is 73.1 cm³/mol. The van der Waals surface area contributed by atoms with Crippen LogP contribution in [-0.2, 0) is 9.59 Å². The van der Waals surface area contributed by atoms with Gasteiger partial charge in [-0.3, -0.25) is 9.59 Å². The maximum absolute atomic E-state index is 12.2. The molecule has 0 saturated carbocycles. The Morgan fingerprint density at radius 2 is 1.86 bits per heavy atom. The summed E-state index contributed by atoms with van der Waals surface area (Å²) in [6.07, 6.45) is -4.49. The average molecular weight is 324 g/mol. The van der Waals surface area contributed by atoms with E-state index in [1.807, 2.05) is 0 Å².